The molecule has 0 radical (unpaired) electrons. The Balaban J connectivity index is 2.03. The molecule has 29 heavy (non-hydrogen) atoms. The maximum atomic E-state index is 13.3. The maximum absolute atomic E-state index is 13.3. The highest BCUT2D eigenvalue weighted by Crippen LogP contribution is 2.31. The number of methoxy groups -OCH3 is 3. The van der Waals surface area contributed by atoms with Crippen LogP contribution in [0.25, 0.3) is 10.9 Å². The van der Waals surface area contributed by atoms with E-state index in [9.17, 15) is 9.59 Å². The summed E-state index contributed by atoms with van der Waals surface area (Å²) in [5.41, 5.74) is 1.73. The summed E-state index contributed by atoms with van der Waals surface area (Å²) in [5, 5.41) is 0.958. The molecule has 0 spiro atoms. The highest BCUT2D eigenvalue weighted by Gasteiger charge is 2.17. The standard InChI is InChI=1S/C21H26N2O5S/c1-26-17-11-15-16(12-18(17)27-2)22-21(29-13-19(24)28-3)23(20(15)25)10-9-14-7-5-4-6-8-14/h7,11-12H,4-6,8-10,13H2,1-3H3. The van der Waals surface area contributed by atoms with Crippen LogP contribution >= 0.6 is 11.8 Å². The summed E-state index contributed by atoms with van der Waals surface area (Å²) in [5.74, 6) is 0.708. The van der Waals surface area contributed by atoms with Crippen LogP contribution < -0.4 is 15.0 Å². The van der Waals surface area contributed by atoms with Gasteiger partial charge in [-0.05, 0) is 38.2 Å². The van der Waals surface area contributed by atoms with E-state index in [2.05, 4.69) is 11.1 Å². The van der Waals surface area contributed by atoms with Gasteiger partial charge < -0.3 is 14.2 Å². The van der Waals surface area contributed by atoms with Crippen molar-refractivity contribution in [3.05, 3.63) is 34.1 Å². The number of rotatable bonds is 8. The Morgan fingerprint density at radius 3 is 2.59 bits per heavy atom. The van der Waals surface area contributed by atoms with Crippen LogP contribution in [0.5, 0.6) is 11.5 Å². The summed E-state index contributed by atoms with van der Waals surface area (Å²) in [6.07, 6.45) is 7.66. The van der Waals surface area contributed by atoms with E-state index in [4.69, 9.17) is 14.2 Å². The second-order valence-electron chi connectivity index (χ2n) is 6.80. The number of ether oxygens (including phenoxy) is 3. The maximum Gasteiger partial charge on any atom is 0.316 e. The van der Waals surface area contributed by atoms with Gasteiger partial charge in [0.15, 0.2) is 16.7 Å². The van der Waals surface area contributed by atoms with E-state index in [1.54, 1.807) is 16.7 Å². The normalized spacial score (nSPS) is 13.8. The number of nitrogens with zero attached hydrogens (tertiary/aromatic N) is 2. The first kappa shape index (κ1) is 21.2. The Morgan fingerprint density at radius 1 is 1.17 bits per heavy atom. The molecule has 2 aromatic rings. The van der Waals surface area contributed by atoms with Crippen molar-refractivity contribution in [1.29, 1.82) is 0 Å². The number of aromatic nitrogens is 2. The molecule has 0 unspecified atom stereocenters. The fraction of sp³-hybridized carbons (Fsp3) is 0.476. The van der Waals surface area contributed by atoms with Gasteiger partial charge in [0.1, 0.15) is 0 Å². The Hall–Kier alpha value is -2.48. The number of allylic oxidation sites excluding steroid dienone is 2. The summed E-state index contributed by atoms with van der Waals surface area (Å²) in [6.45, 7) is 0.519. The Labute approximate surface area is 174 Å². The first-order valence-corrected chi connectivity index (χ1v) is 10.6. The molecule has 1 aromatic carbocycles. The first-order valence-electron chi connectivity index (χ1n) is 9.61. The van der Waals surface area contributed by atoms with Crippen molar-refractivity contribution >= 4 is 28.6 Å². The van der Waals surface area contributed by atoms with Crippen molar-refractivity contribution in [3.63, 3.8) is 0 Å². The van der Waals surface area contributed by atoms with Gasteiger partial charge in [-0.15, -0.1) is 0 Å². The van der Waals surface area contributed by atoms with Crippen molar-refractivity contribution in [2.45, 2.75) is 43.8 Å². The molecule has 1 heterocycles. The van der Waals surface area contributed by atoms with E-state index in [1.807, 2.05) is 0 Å². The van der Waals surface area contributed by atoms with Crippen LogP contribution in [0.4, 0.5) is 0 Å². The minimum Gasteiger partial charge on any atom is -0.493 e. The number of carbonyl (C=O) groups excluding carboxylic acids is 1. The van der Waals surface area contributed by atoms with Crippen LogP contribution in [0.3, 0.4) is 0 Å². The van der Waals surface area contributed by atoms with Crippen molar-refractivity contribution in [2.75, 3.05) is 27.1 Å². The fourth-order valence-electron chi connectivity index (χ4n) is 3.40. The lowest BCUT2D eigenvalue weighted by molar-refractivity contribution is -0.137. The number of hydrogen-bond acceptors (Lipinski definition) is 7. The number of benzene rings is 1. The third kappa shape index (κ3) is 4.93. The quantitative estimate of drug-likeness (QED) is 0.281. The molecule has 3 rings (SSSR count). The zero-order valence-electron chi connectivity index (χ0n) is 17.0. The lowest BCUT2D eigenvalue weighted by atomic mass is 9.97. The molecule has 0 atom stereocenters. The van der Waals surface area contributed by atoms with Gasteiger partial charge in [-0.1, -0.05) is 23.4 Å². The van der Waals surface area contributed by atoms with E-state index in [0.29, 0.717) is 34.1 Å². The van der Waals surface area contributed by atoms with Crippen LogP contribution in [0, 0.1) is 0 Å². The first-order chi connectivity index (χ1) is 14.1. The van der Waals surface area contributed by atoms with Crippen molar-refractivity contribution < 1.29 is 19.0 Å². The molecule has 0 amide bonds. The van der Waals surface area contributed by atoms with Gasteiger partial charge in [0.25, 0.3) is 5.56 Å². The molecule has 7 nitrogen and oxygen atoms in total. The van der Waals surface area contributed by atoms with E-state index < -0.39 is 0 Å². The zero-order valence-corrected chi connectivity index (χ0v) is 17.8. The summed E-state index contributed by atoms with van der Waals surface area (Å²) < 4.78 is 17.1. The summed E-state index contributed by atoms with van der Waals surface area (Å²) in [4.78, 5) is 29.6. The number of thioether (sulfide) groups is 1. The SMILES string of the molecule is COC(=O)CSc1nc2cc(OC)c(OC)cc2c(=O)n1CCC1=CCCCC1. The molecule has 1 aromatic heterocycles. The smallest absolute Gasteiger partial charge is 0.316 e. The minimum absolute atomic E-state index is 0.0877. The predicted octanol–water partition coefficient (Wildman–Crippen LogP) is 3.57. The molecule has 0 saturated heterocycles. The summed E-state index contributed by atoms with van der Waals surface area (Å²) >= 11 is 1.20. The Kier molecular flexibility index (Phi) is 7.19. The lowest BCUT2D eigenvalue weighted by Crippen LogP contribution is -2.24. The molecule has 0 aliphatic heterocycles. The van der Waals surface area contributed by atoms with Gasteiger partial charge >= 0.3 is 5.97 Å². The summed E-state index contributed by atoms with van der Waals surface area (Å²) in [6, 6.07) is 3.35. The molecular weight excluding hydrogens is 392 g/mol. The van der Waals surface area contributed by atoms with E-state index in [-0.39, 0.29) is 17.3 Å². The Bertz CT molecular complexity index is 983. The predicted molar refractivity (Wildman–Crippen MR) is 113 cm³/mol. The van der Waals surface area contributed by atoms with E-state index >= 15 is 0 Å². The van der Waals surface area contributed by atoms with Crippen LogP contribution in [0.2, 0.25) is 0 Å². The van der Waals surface area contributed by atoms with Crippen molar-refractivity contribution in [2.24, 2.45) is 0 Å². The van der Waals surface area contributed by atoms with Gasteiger partial charge in [0.2, 0.25) is 0 Å². The molecule has 0 bridgehead atoms. The average molecular weight is 419 g/mol. The second kappa shape index (κ2) is 9.82. The van der Waals surface area contributed by atoms with Crippen molar-refractivity contribution in [1.82, 2.24) is 9.55 Å². The highest BCUT2D eigenvalue weighted by molar-refractivity contribution is 7.99. The number of fused-ring (bicyclic) bond motifs is 1. The minimum atomic E-state index is -0.363. The molecular formula is C21H26N2O5S. The lowest BCUT2D eigenvalue weighted by Gasteiger charge is -2.17. The molecule has 1 aliphatic rings. The average Bonchev–Trinajstić information content (AvgIpc) is 2.76. The van der Waals surface area contributed by atoms with Crippen LogP contribution in [0.1, 0.15) is 32.1 Å². The third-order valence-corrected chi connectivity index (χ3v) is 5.96. The monoisotopic (exact) mass is 418 g/mol. The fourth-order valence-corrected chi connectivity index (χ4v) is 4.26. The second-order valence-corrected chi connectivity index (χ2v) is 7.74. The van der Waals surface area contributed by atoms with Gasteiger partial charge in [-0.2, -0.15) is 0 Å². The van der Waals surface area contributed by atoms with Gasteiger partial charge in [-0.3, -0.25) is 14.2 Å². The van der Waals surface area contributed by atoms with Gasteiger partial charge in [0, 0.05) is 12.6 Å². The largest absolute Gasteiger partial charge is 0.493 e. The topological polar surface area (TPSA) is 79.7 Å². The molecule has 8 heteroatoms. The molecule has 0 fully saturated rings. The van der Waals surface area contributed by atoms with Crippen molar-refractivity contribution in [3.8, 4) is 11.5 Å². The van der Waals surface area contributed by atoms with Crippen LogP contribution in [-0.4, -0.2) is 42.6 Å². The Morgan fingerprint density at radius 2 is 1.93 bits per heavy atom. The number of hydrogen-bond donors (Lipinski definition) is 0. The van der Waals surface area contributed by atoms with E-state index in [1.165, 1.54) is 51.5 Å². The molecule has 156 valence electrons. The zero-order chi connectivity index (χ0) is 20.8. The molecule has 1 aliphatic carbocycles. The van der Waals surface area contributed by atoms with Gasteiger partial charge in [0.05, 0.1) is 38.0 Å². The van der Waals surface area contributed by atoms with Gasteiger partial charge in [-0.25, -0.2) is 4.98 Å². The van der Waals surface area contributed by atoms with E-state index in [0.717, 1.165) is 19.3 Å². The summed E-state index contributed by atoms with van der Waals surface area (Å²) in [7, 11) is 4.41. The third-order valence-electron chi connectivity index (χ3n) is 5.01. The number of esters is 1. The highest BCUT2D eigenvalue weighted by atomic mass is 32.2. The molecule has 0 saturated carbocycles. The molecule has 0 N–H and O–H groups in total. The number of carbonyl (C=O) groups is 1. The van der Waals surface area contributed by atoms with Crippen LogP contribution in [0.15, 0.2) is 33.7 Å². The van der Waals surface area contributed by atoms with Crippen LogP contribution in [-0.2, 0) is 16.1 Å².